The lowest BCUT2D eigenvalue weighted by Gasteiger charge is -2.17. The van der Waals surface area contributed by atoms with Crippen molar-refractivity contribution in [1.82, 2.24) is 5.01 Å². The van der Waals surface area contributed by atoms with E-state index in [2.05, 4.69) is 5.10 Å². The van der Waals surface area contributed by atoms with Gasteiger partial charge in [0.1, 0.15) is 17.6 Å². The van der Waals surface area contributed by atoms with E-state index in [1.54, 1.807) is 36.6 Å². The number of hydrogen-bond donors (Lipinski definition) is 1. The molecule has 5 nitrogen and oxygen atoms in total. The Kier molecular flexibility index (Phi) is 3.02. The van der Waals surface area contributed by atoms with Gasteiger partial charge in [-0.1, -0.05) is 0 Å². The van der Waals surface area contributed by atoms with Crippen LogP contribution in [-0.2, 0) is 4.79 Å². The summed E-state index contributed by atoms with van der Waals surface area (Å²) in [5.41, 5.74) is 1.70. The molecule has 0 spiro atoms. The molecule has 2 aromatic rings. The van der Waals surface area contributed by atoms with Crippen molar-refractivity contribution in [2.45, 2.75) is 19.4 Å². The molecule has 0 saturated heterocycles. The van der Waals surface area contributed by atoms with Gasteiger partial charge in [-0.3, -0.25) is 4.79 Å². The Morgan fingerprint density at radius 1 is 1.35 bits per heavy atom. The number of carbonyl (C=O) groups excluding carboxylic acids is 1. The highest BCUT2D eigenvalue weighted by Gasteiger charge is 2.33. The molecule has 2 heterocycles. The molecule has 1 N–H and O–H groups in total. The fourth-order valence-corrected chi connectivity index (χ4v) is 2.33. The largest absolute Gasteiger partial charge is 0.508 e. The zero-order chi connectivity index (χ0) is 14.1. The Morgan fingerprint density at radius 2 is 2.10 bits per heavy atom. The number of hydrogen-bond acceptors (Lipinski definition) is 4. The van der Waals surface area contributed by atoms with Crippen LogP contribution in [0.25, 0.3) is 0 Å². The summed E-state index contributed by atoms with van der Waals surface area (Å²) in [4.78, 5) is 11.7. The first-order chi connectivity index (χ1) is 9.65. The average Bonchev–Trinajstić information content (AvgIpc) is 3.08. The van der Waals surface area contributed by atoms with E-state index in [-0.39, 0.29) is 17.7 Å². The molecule has 1 atom stereocenters. The van der Waals surface area contributed by atoms with E-state index in [0.717, 1.165) is 17.0 Å². The molecule has 1 unspecified atom stereocenters. The number of furan rings is 1. The van der Waals surface area contributed by atoms with E-state index in [4.69, 9.17) is 4.42 Å². The zero-order valence-electron chi connectivity index (χ0n) is 11.0. The maximum Gasteiger partial charge on any atom is 0.240 e. The summed E-state index contributed by atoms with van der Waals surface area (Å²) in [6.45, 7) is 1.49. The molecule has 1 amide bonds. The molecule has 20 heavy (non-hydrogen) atoms. The van der Waals surface area contributed by atoms with Crippen LogP contribution in [0.1, 0.15) is 30.7 Å². The van der Waals surface area contributed by atoms with Crippen molar-refractivity contribution < 1.29 is 14.3 Å². The van der Waals surface area contributed by atoms with Gasteiger partial charge >= 0.3 is 0 Å². The van der Waals surface area contributed by atoms with Crippen LogP contribution in [-0.4, -0.2) is 21.7 Å². The van der Waals surface area contributed by atoms with Crippen LogP contribution in [0.3, 0.4) is 0 Å². The highest BCUT2D eigenvalue weighted by Crippen LogP contribution is 2.33. The van der Waals surface area contributed by atoms with E-state index in [1.165, 1.54) is 11.9 Å². The van der Waals surface area contributed by atoms with Crippen molar-refractivity contribution in [2.24, 2.45) is 5.10 Å². The molecule has 1 aromatic heterocycles. The van der Waals surface area contributed by atoms with Crippen LogP contribution in [0.5, 0.6) is 5.75 Å². The smallest absolute Gasteiger partial charge is 0.240 e. The monoisotopic (exact) mass is 270 g/mol. The van der Waals surface area contributed by atoms with Gasteiger partial charge in [-0.05, 0) is 42.0 Å². The lowest BCUT2D eigenvalue weighted by Crippen LogP contribution is -2.23. The fraction of sp³-hybridized carbons (Fsp3) is 0.200. The second-order valence-electron chi connectivity index (χ2n) is 4.69. The van der Waals surface area contributed by atoms with Crippen molar-refractivity contribution >= 4 is 11.6 Å². The quantitative estimate of drug-likeness (QED) is 0.912. The van der Waals surface area contributed by atoms with Crippen LogP contribution in [0, 0.1) is 0 Å². The van der Waals surface area contributed by atoms with E-state index in [9.17, 15) is 9.90 Å². The summed E-state index contributed by atoms with van der Waals surface area (Å²) in [7, 11) is 0. The summed E-state index contributed by atoms with van der Waals surface area (Å²) in [5.74, 6) is 0.802. The number of rotatable bonds is 2. The Labute approximate surface area is 116 Å². The van der Waals surface area contributed by atoms with Crippen LogP contribution < -0.4 is 0 Å². The van der Waals surface area contributed by atoms with Gasteiger partial charge in [0.05, 0.1) is 12.0 Å². The third kappa shape index (κ3) is 2.18. The summed E-state index contributed by atoms with van der Waals surface area (Å²) in [5, 5.41) is 15.2. The molecule has 1 aliphatic rings. The Balaban J connectivity index is 1.92. The maximum atomic E-state index is 11.7. The molecule has 0 bridgehead atoms. The minimum Gasteiger partial charge on any atom is -0.508 e. The number of carbonyl (C=O) groups is 1. The molecule has 0 fully saturated rings. The highest BCUT2D eigenvalue weighted by atomic mass is 16.3. The molecule has 0 aliphatic carbocycles. The number of phenols is 1. The topological polar surface area (TPSA) is 66.0 Å². The van der Waals surface area contributed by atoms with Gasteiger partial charge in [0.25, 0.3) is 0 Å². The first-order valence-corrected chi connectivity index (χ1v) is 6.35. The lowest BCUT2D eigenvalue weighted by molar-refractivity contribution is -0.130. The zero-order valence-corrected chi connectivity index (χ0v) is 11.0. The molecule has 1 aliphatic heterocycles. The van der Waals surface area contributed by atoms with Crippen molar-refractivity contribution in [3.8, 4) is 5.75 Å². The number of phenolic OH excluding ortho intramolecular Hbond substituents is 1. The van der Waals surface area contributed by atoms with Gasteiger partial charge in [-0.15, -0.1) is 0 Å². The van der Waals surface area contributed by atoms with Gasteiger partial charge in [-0.25, -0.2) is 5.01 Å². The predicted molar refractivity (Wildman–Crippen MR) is 73.2 cm³/mol. The molecule has 5 heteroatoms. The minimum absolute atomic E-state index is 0.125. The molecule has 0 saturated carbocycles. The van der Waals surface area contributed by atoms with E-state index >= 15 is 0 Å². The van der Waals surface area contributed by atoms with Crippen molar-refractivity contribution in [3.05, 3.63) is 54.0 Å². The summed E-state index contributed by atoms with van der Waals surface area (Å²) < 4.78 is 5.39. The number of hydrazone groups is 1. The van der Waals surface area contributed by atoms with Crippen LogP contribution in [0.2, 0.25) is 0 Å². The van der Waals surface area contributed by atoms with Gasteiger partial charge in [0, 0.05) is 13.3 Å². The van der Waals surface area contributed by atoms with Crippen LogP contribution in [0.4, 0.5) is 0 Å². The highest BCUT2D eigenvalue weighted by molar-refractivity contribution is 6.03. The van der Waals surface area contributed by atoms with Crippen LogP contribution >= 0.6 is 0 Å². The minimum atomic E-state index is -0.202. The number of benzene rings is 1. The number of nitrogens with zero attached hydrogens (tertiary/aromatic N) is 2. The molecule has 1 aromatic carbocycles. The van der Waals surface area contributed by atoms with Crippen molar-refractivity contribution in [2.75, 3.05) is 0 Å². The third-order valence-corrected chi connectivity index (χ3v) is 3.31. The Morgan fingerprint density at radius 3 is 2.70 bits per heavy atom. The van der Waals surface area contributed by atoms with E-state index in [1.807, 2.05) is 6.07 Å². The SMILES string of the molecule is CC(=O)N1N=C(c2ccc(O)cc2)CC1c1ccco1. The molecular formula is C15H14N2O3. The lowest BCUT2D eigenvalue weighted by atomic mass is 10.0. The summed E-state index contributed by atoms with van der Waals surface area (Å²) in [6.07, 6.45) is 2.18. The Bertz CT molecular complexity index is 644. The first-order valence-electron chi connectivity index (χ1n) is 6.35. The molecule has 102 valence electrons. The number of amides is 1. The first kappa shape index (κ1) is 12.5. The molecule has 0 radical (unpaired) electrons. The Hall–Kier alpha value is -2.56. The van der Waals surface area contributed by atoms with Crippen molar-refractivity contribution in [3.63, 3.8) is 0 Å². The molecular weight excluding hydrogens is 256 g/mol. The second-order valence-corrected chi connectivity index (χ2v) is 4.69. The fourth-order valence-electron chi connectivity index (χ4n) is 2.33. The van der Waals surface area contributed by atoms with Gasteiger partial charge < -0.3 is 9.52 Å². The molecule has 3 rings (SSSR count). The third-order valence-electron chi connectivity index (χ3n) is 3.31. The van der Waals surface area contributed by atoms with Crippen LogP contribution in [0.15, 0.2) is 52.2 Å². The van der Waals surface area contributed by atoms with Gasteiger partial charge in [0.15, 0.2) is 0 Å². The van der Waals surface area contributed by atoms with Crippen molar-refractivity contribution in [1.29, 1.82) is 0 Å². The number of aromatic hydroxyl groups is 1. The predicted octanol–water partition coefficient (Wildman–Crippen LogP) is 2.68. The average molecular weight is 270 g/mol. The summed E-state index contributed by atoms with van der Waals surface area (Å²) >= 11 is 0. The summed E-state index contributed by atoms with van der Waals surface area (Å²) in [6, 6.07) is 10.2. The maximum absolute atomic E-state index is 11.7. The normalized spacial score (nSPS) is 18.1. The van der Waals surface area contributed by atoms with E-state index in [0.29, 0.717) is 6.42 Å². The van der Waals surface area contributed by atoms with Gasteiger partial charge in [0.2, 0.25) is 5.91 Å². The standard InChI is InChI=1S/C15H14N2O3/c1-10(18)17-14(15-3-2-8-20-15)9-13(16-17)11-4-6-12(19)7-5-11/h2-8,14,19H,9H2,1H3. The van der Waals surface area contributed by atoms with E-state index < -0.39 is 0 Å². The second kappa shape index (κ2) is 4.85. The van der Waals surface area contributed by atoms with Gasteiger partial charge in [-0.2, -0.15) is 5.10 Å².